The number of anilines is 2. The fourth-order valence-electron chi connectivity index (χ4n) is 1.90. The fraction of sp³-hybridized carbons (Fsp3) is 0.250. The van der Waals surface area contributed by atoms with Crippen LogP contribution in [0, 0.1) is 6.92 Å². The van der Waals surface area contributed by atoms with Gasteiger partial charge in [-0.15, -0.1) is 0 Å². The molecule has 0 bridgehead atoms. The van der Waals surface area contributed by atoms with Crippen LogP contribution in [0.4, 0.5) is 11.4 Å². The molecule has 0 radical (unpaired) electrons. The van der Waals surface area contributed by atoms with Crippen LogP contribution in [0.3, 0.4) is 0 Å². The number of para-hydroxylation sites is 1. The zero-order valence-electron chi connectivity index (χ0n) is 12.1. The van der Waals surface area contributed by atoms with E-state index in [0.717, 1.165) is 24.3 Å². The maximum absolute atomic E-state index is 12.4. The molecule has 1 aromatic heterocycles. The first-order chi connectivity index (χ1) is 10.1. The maximum atomic E-state index is 12.4. The number of pyridine rings is 1. The SMILES string of the molecule is CCCNc1cc(C)ncc1C(=O)Nc1ccccc1Cl. The van der Waals surface area contributed by atoms with Crippen molar-refractivity contribution in [1.82, 2.24) is 4.98 Å². The lowest BCUT2D eigenvalue weighted by molar-refractivity contribution is 0.102. The number of carbonyl (C=O) groups is 1. The summed E-state index contributed by atoms with van der Waals surface area (Å²) < 4.78 is 0. The minimum absolute atomic E-state index is 0.228. The van der Waals surface area contributed by atoms with E-state index >= 15 is 0 Å². The smallest absolute Gasteiger partial charge is 0.259 e. The highest BCUT2D eigenvalue weighted by molar-refractivity contribution is 6.34. The molecule has 1 heterocycles. The van der Waals surface area contributed by atoms with Gasteiger partial charge in [-0.25, -0.2) is 0 Å². The van der Waals surface area contributed by atoms with Gasteiger partial charge < -0.3 is 10.6 Å². The summed E-state index contributed by atoms with van der Waals surface area (Å²) in [4.78, 5) is 16.6. The fourth-order valence-corrected chi connectivity index (χ4v) is 2.08. The molecule has 21 heavy (non-hydrogen) atoms. The zero-order chi connectivity index (χ0) is 15.2. The maximum Gasteiger partial charge on any atom is 0.259 e. The third-order valence-electron chi connectivity index (χ3n) is 2.97. The lowest BCUT2D eigenvalue weighted by atomic mass is 10.2. The van der Waals surface area contributed by atoms with Crippen molar-refractivity contribution in [3.05, 3.63) is 52.8 Å². The molecule has 0 aliphatic carbocycles. The molecule has 1 aromatic carbocycles. The van der Waals surface area contributed by atoms with E-state index < -0.39 is 0 Å². The summed E-state index contributed by atoms with van der Waals surface area (Å²) in [6.07, 6.45) is 2.56. The van der Waals surface area contributed by atoms with Crippen molar-refractivity contribution in [2.75, 3.05) is 17.2 Å². The second-order valence-electron chi connectivity index (χ2n) is 4.73. The minimum atomic E-state index is -0.228. The van der Waals surface area contributed by atoms with Gasteiger partial charge in [-0.2, -0.15) is 0 Å². The first kappa shape index (κ1) is 15.3. The Labute approximate surface area is 129 Å². The molecule has 0 spiro atoms. The Kier molecular flexibility index (Phi) is 5.17. The van der Waals surface area contributed by atoms with Gasteiger partial charge in [-0.1, -0.05) is 30.7 Å². The number of amides is 1. The summed E-state index contributed by atoms with van der Waals surface area (Å²) in [5.41, 5.74) is 2.75. The van der Waals surface area contributed by atoms with Crippen LogP contribution in [-0.2, 0) is 0 Å². The predicted octanol–water partition coefficient (Wildman–Crippen LogP) is 4.12. The van der Waals surface area contributed by atoms with Gasteiger partial charge in [0.1, 0.15) is 0 Å². The van der Waals surface area contributed by atoms with Gasteiger partial charge in [-0.05, 0) is 31.5 Å². The molecule has 0 aliphatic heterocycles. The summed E-state index contributed by atoms with van der Waals surface area (Å²) in [6, 6.07) is 9.02. The van der Waals surface area contributed by atoms with Crippen LogP contribution in [0.1, 0.15) is 29.4 Å². The number of benzene rings is 1. The standard InChI is InChI=1S/C16H18ClN3O/c1-3-8-18-15-9-11(2)19-10-12(15)16(21)20-14-7-5-4-6-13(14)17/h4-7,9-10H,3,8H2,1-2H3,(H,18,19)(H,20,21). The van der Waals surface area contributed by atoms with Crippen LogP contribution in [0.2, 0.25) is 5.02 Å². The molecule has 0 saturated heterocycles. The van der Waals surface area contributed by atoms with Crippen LogP contribution < -0.4 is 10.6 Å². The molecule has 0 aliphatic rings. The molecule has 2 aromatic rings. The van der Waals surface area contributed by atoms with Gasteiger partial charge in [0.15, 0.2) is 0 Å². The minimum Gasteiger partial charge on any atom is -0.384 e. The Morgan fingerprint density at radius 3 is 2.76 bits per heavy atom. The number of nitrogens with zero attached hydrogens (tertiary/aromatic N) is 1. The summed E-state index contributed by atoms with van der Waals surface area (Å²) >= 11 is 6.06. The van der Waals surface area contributed by atoms with Crippen molar-refractivity contribution in [3.8, 4) is 0 Å². The van der Waals surface area contributed by atoms with E-state index in [-0.39, 0.29) is 5.91 Å². The normalized spacial score (nSPS) is 10.2. The molecule has 0 unspecified atom stereocenters. The molecular formula is C16H18ClN3O. The van der Waals surface area contributed by atoms with E-state index in [0.29, 0.717) is 16.3 Å². The number of halogens is 1. The number of rotatable bonds is 5. The van der Waals surface area contributed by atoms with Crippen LogP contribution in [-0.4, -0.2) is 17.4 Å². The molecule has 110 valence electrons. The van der Waals surface area contributed by atoms with Crippen LogP contribution in [0.25, 0.3) is 0 Å². The summed E-state index contributed by atoms with van der Waals surface area (Å²) in [5, 5.41) is 6.57. The number of nitrogens with one attached hydrogen (secondary N) is 2. The van der Waals surface area contributed by atoms with E-state index in [4.69, 9.17) is 11.6 Å². The molecular weight excluding hydrogens is 286 g/mol. The average molecular weight is 304 g/mol. The number of aromatic nitrogens is 1. The molecule has 1 amide bonds. The monoisotopic (exact) mass is 303 g/mol. The summed E-state index contributed by atoms with van der Waals surface area (Å²) in [5.74, 6) is -0.228. The number of hydrogen-bond acceptors (Lipinski definition) is 3. The molecule has 0 saturated carbocycles. The molecule has 4 nitrogen and oxygen atoms in total. The van der Waals surface area contributed by atoms with E-state index in [2.05, 4.69) is 22.5 Å². The third kappa shape index (κ3) is 3.95. The van der Waals surface area contributed by atoms with E-state index in [9.17, 15) is 4.79 Å². The van der Waals surface area contributed by atoms with Crippen molar-refractivity contribution >= 4 is 28.9 Å². The lowest BCUT2D eigenvalue weighted by Gasteiger charge is -2.12. The van der Waals surface area contributed by atoms with Crippen LogP contribution in [0.15, 0.2) is 36.5 Å². The van der Waals surface area contributed by atoms with Crippen molar-refractivity contribution in [1.29, 1.82) is 0 Å². The third-order valence-corrected chi connectivity index (χ3v) is 3.30. The highest BCUT2D eigenvalue weighted by Gasteiger charge is 2.13. The Morgan fingerprint density at radius 1 is 1.29 bits per heavy atom. The first-order valence-electron chi connectivity index (χ1n) is 6.88. The van der Waals surface area contributed by atoms with Crippen molar-refractivity contribution in [2.45, 2.75) is 20.3 Å². The Morgan fingerprint density at radius 2 is 2.05 bits per heavy atom. The average Bonchev–Trinajstić information content (AvgIpc) is 2.47. The topological polar surface area (TPSA) is 54.0 Å². The number of carbonyl (C=O) groups excluding carboxylic acids is 1. The first-order valence-corrected chi connectivity index (χ1v) is 7.26. The Bertz CT molecular complexity index is 643. The van der Waals surface area contributed by atoms with Gasteiger partial charge in [0.25, 0.3) is 5.91 Å². The largest absolute Gasteiger partial charge is 0.384 e. The van der Waals surface area contributed by atoms with Gasteiger partial charge >= 0.3 is 0 Å². The second-order valence-corrected chi connectivity index (χ2v) is 5.14. The Hall–Kier alpha value is -2.07. The zero-order valence-corrected chi connectivity index (χ0v) is 12.9. The summed E-state index contributed by atoms with van der Waals surface area (Å²) in [7, 11) is 0. The number of hydrogen-bond donors (Lipinski definition) is 2. The predicted molar refractivity (Wildman–Crippen MR) is 87.2 cm³/mol. The molecule has 2 N–H and O–H groups in total. The van der Waals surface area contributed by atoms with Gasteiger partial charge in [0.05, 0.1) is 22.0 Å². The van der Waals surface area contributed by atoms with Gasteiger partial charge in [0, 0.05) is 18.4 Å². The van der Waals surface area contributed by atoms with Gasteiger partial charge in [-0.3, -0.25) is 9.78 Å². The molecule has 0 fully saturated rings. The quantitative estimate of drug-likeness (QED) is 0.873. The highest BCUT2D eigenvalue weighted by atomic mass is 35.5. The van der Waals surface area contributed by atoms with Crippen molar-refractivity contribution < 1.29 is 4.79 Å². The van der Waals surface area contributed by atoms with Crippen molar-refractivity contribution in [2.24, 2.45) is 0 Å². The summed E-state index contributed by atoms with van der Waals surface area (Å²) in [6.45, 7) is 4.77. The van der Waals surface area contributed by atoms with Crippen LogP contribution in [0.5, 0.6) is 0 Å². The van der Waals surface area contributed by atoms with E-state index in [1.165, 1.54) is 0 Å². The van der Waals surface area contributed by atoms with E-state index in [1.807, 2.05) is 25.1 Å². The van der Waals surface area contributed by atoms with E-state index in [1.54, 1.807) is 18.3 Å². The highest BCUT2D eigenvalue weighted by Crippen LogP contribution is 2.23. The lowest BCUT2D eigenvalue weighted by Crippen LogP contribution is -2.16. The Balaban J connectivity index is 2.24. The van der Waals surface area contributed by atoms with Gasteiger partial charge in [0.2, 0.25) is 0 Å². The number of aryl methyl sites for hydroxylation is 1. The van der Waals surface area contributed by atoms with Crippen LogP contribution >= 0.6 is 11.6 Å². The second kappa shape index (κ2) is 7.09. The molecule has 0 atom stereocenters. The molecule has 5 heteroatoms. The van der Waals surface area contributed by atoms with Crippen molar-refractivity contribution in [3.63, 3.8) is 0 Å². The molecule has 2 rings (SSSR count).